The number of carbonyl (C=O) groups is 1. The Morgan fingerprint density at radius 1 is 1.18 bits per heavy atom. The average Bonchev–Trinajstić information content (AvgIpc) is 2.46. The van der Waals surface area contributed by atoms with Crippen molar-refractivity contribution in [3.63, 3.8) is 0 Å². The second-order valence-corrected chi connectivity index (χ2v) is 6.90. The Kier molecular flexibility index (Phi) is 5.87. The van der Waals surface area contributed by atoms with Crippen LogP contribution in [0.3, 0.4) is 0 Å². The highest BCUT2D eigenvalue weighted by atomic mass is 35.5. The Morgan fingerprint density at radius 2 is 1.77 bits per heavy atom. The van der Waals surface area contributed by atoms with Crippen molar-refractivity contribution in [2.45, 2.75) is 51.6 Å². The molecule has 0 aliphatic heterocycles. The van der Waals surface area contributed by atoms with Crippen molar-refractivity contribution in [2.24, 2.45) is 23.5 Å². The van der Waals surface area contributed by atoms with Crippen LogP contribution in [0.5, 0.6) is 0 Å². The molecule has 2 saturated carbocycles. The van der Waals surface area contributed by atoms with Crippen LogP contribution >= 0.6 is 12.4 Å². The molecule has 3 rings (SSSR count). The molecule has 0 spiro atoms. The number of fused-ring (bicyclic) bond motifs is 2. The van der Waals surface area contributed by atoms with Crippen molar-refractivity contribution in [3.05, 3.63) is 35.4 Å². The van der Waals surface area contributed by atoms with Crippen LogP contribution in [-0.2, 0) is 11.3 Å². The molecule has 2 aliphatic rings. The SMILES string of the molecule is Cc1ccc(CNC(=O)C2CC3CCCC(C2)C3N)cc1.Cl. The zero-order valence-corrected chi connectivity index (χ0v) is 14.1. The van der Waals surface area contributed by atoms with Gasteiger partial charge in [0.2, 0.25) is 5.91 Å². The predicted molar refractivity (Wildman–Crippen MR) is 91.8 cm³/mol. The maximum atomic E-state index is 12.4. The first kappa shape index (κ1) is 17.3. The molecule has 3 N–H and O–H groups in total. The van der Waals surface area contributed by atoms with Gasteiger partial charge in [-0.1, -0.05) is 36.2 Å². The molecule has 2 bridgehead atoms. The number of hydrogen-bond donors (Lipinski definition) is 2. The third-order valence-electron chi connectivity index (χ3n) is 5.37. The fourth-order valence-electron chi connectivity index (χ4n) is 4.04. The second-order valence-electron chi connectivity index (χ2n) is 6.90. The maximum absolute atomic E-state index is 12.4. The van der Waals surface area contributed by atoms with E-state index in [0.717, 1.165) is 12.8 Å². The quantitative estimate of drug-likeness (QED) is 0.898. The van der Waals surface area contributed by atoms with Gasteiger partial charge in [-0.2, -0.15) is 0 Å². The van der Waals surface area contributed by atoms with E-state index >= 15 is 0 Å². The van der Waals surface area contributed by atoms with Gasteiger partial charge in [-0.05, 0) is 50.0 Å². The maximum Gasteiger partial charge on any atom is 0.223 e. The van der Waals surface area contributed by atoms with Crippen LogP contribution in [-0.4, -0.2) is 11.9 Å². The van der Waals surface area contributed by atoms with E-state index in [1.54, 1.807) is 0 Å². The van der Waals surface area contributed by atoms with Crippen LogP contribution < -0.4 is 11.1 Å². The van der Waals surface area contributed by atoms with Gasteiger partial charge in [0.05, 0.1) is 0 Å². The Balaban J connectivity index is 0.00000176. The first-order valence-corrected chi connectivity index (χ1v) is 8.22. The van der Waals surface area contributed by atoms with E-state index in [4.69, 9.17) is 5.73 Å². The number of amides is 1. The first-order valence-electron chi connectivity index (χ1n) is 8.22. The van der Waals surface area contributed by atoms with Crippen LogP contribution in [0.4, 0.5) is 0 Å². The molecule has 0 radical (unpaired) electrons. The van der Waals surface area contributed by atoms with Gasteiger partial charge in [0.15, 0.2) is 0 Å². The van der Waals surface area contributed by atoms with Crippen molar-refractivity contribution in [1.29, 1.82) is 0 Å². The number of nitrogens with two attached hydrogens (primary N) is 1. The molecular weight excluding hydrogens is 296 g/mol. The summed E-state index contributed by atoms with van der Waals surface area (Å²) in [5.41, 5.74) is 8.71. The van der Waals surface area contributed by atoms with Crippen molar-refractivity contribution in [1.82, 2.24) is 5.32 Å². The number of carbonyl (C=O) groups excluding carboxylic acids is 1. The standard InChI is InChI=1S/C18H26N2O.ClH/c1-12-5-7-13(8-6-12)11-20-18(21)16-9-14-3-2-4-15(10-16)17(14)19;/h5-8,14-17H,2-4,9-11,19H2,1H3,(H,20,21);1H. The normalized spacial score (nSPS) is 30.3. The number of benzene rings is 1. The summed E-state index contributed by atoms with van der Waals surface area (Å²) in [6.45, 7) is 2.71. The summed E-state index contributed by atoms with van der Waals surface area (Å²) >= 11 is 0. The Morgan fingerprint density at radius 3 is 2.36 bits per heavy atom. The number of rotatable bonds is 3. The minimum absolute atomic E-state index is 0. The van der Waals surface area contributed by atoms with E-state index in [9.17, 15) is 4.79 Å². The van der Waals surface area contributed by atoms with Gasteiger partial charge < -0.3 is 11.1 Å². The van der Waals surface area contributed by atoms with Crippen molar-refractivity contribution in [3.8, 4) is 0 Å². The molecule has 1 aromatic rings. The third kappa shape index (κ3) is 3.82. The highest BCUT2D eigenvalue weighted by Crippen LogP contribution is 2.41. The molecule has 22 heavy (non-hydrogen) atoms. The second kappa shape index (κ2) is 7.47. The predicted octanol–water partition coefficient (Wildman–Crippen LogP) is 3.19. The molecule has 1 aromatic carbocycles. The molecular formula is C18H27ClN2O. The van der Waals surface area contributed by atoms with Crippen LogP contribution in [0.2, 0.25) is 0 Å². The van der Waals surface area contributed by atoms with Crippen molar-refractivity contribution in [2.75, 3.05) is 0 Å². The molecule has 3 nitrogen and oxygen atoms in total. The molecule has 1 amide bonds. The van der Waals surface area contributed by atoms with E-state index in [-0.39, 0.29) is 24.2 Å². The van der Waals surface area contributed by atoms with Crippen LogP contribution in [0, 0.1) is 24.7 Å². The molecule has 0 saturated heterocycles. The Hall–Kier alpha value is -1.06. The summed E-state index contributed by atoms with van der Waals surface area (Å²) in [4.78, 5) is 12.4. The van der Waals surface area contributed by atoms with Gasteiger partial charge in [0.25, 0.3) is 0 Å². The highest BCUT2D eigenvalue weighted by molar-refractivity contribution is 5.85. The largest absolute Gasteiger partial charge is 0.352 e. The molecule has 4 heteroatoms. The van der Waals surface area contributed by atoms with E-state index in [1.165, 1.54) is 30.4 Å². The van der Waals surface area contributed by atoms with Crippen LogP contribution in [0.15, 0.2) is 24.3 Å². The van der Waals surface area contributed by atoms with Gasteiger partial charge in [0.1, 0.15) is 0 Å². The molecule has 0 aromatic heterocycles. The minimum atomic E-state index is 0. The summed E-state index contributed by atoms with van der Waals surface area (Å²) in [6, 6.07) is 8.68. The molecule has 2 aliphatic carbocycles. The Labute approximate surface area is 139 Å². The molecule has 2 atom stereocenters. The fourth-order valence-corrected chi connectivity index (χ4v) is 4.04. The molecule has 0 heterocycles. The summed E-state index contributed by atoms with van der Waals surface area (Å²) in [5.74, 6) is 1.52. The lowest BCUT2D eigenvalue weighted by molar-refractivity contribution is -0.128. The minimum Gasteiger partial charge on any atom is -0.352 e. The van der Waals surface area contributed by atoms with Crippen LogP contribution in [0.1, 0.15) is 43.2 Å². The summed E-state index contributed by atoms with van der Waals surface area (Å²) in [7, 11) is 0. The van der Waals surface area contributed by atoms with E-state index in [1.807, 2.05) is 0 Å². The summed E-state index contributed by atoms with van der Waals surface area (Å²) in [5, 5.41) is 3.11. The molecule has 2 fully saturated rings. The monoisotopic (exact) mass is 322 g/mol. The summed E-state index contributed by atoms with van der Waals surface area (Å²) < 4.78 is 0. The topological polar surface area (TPSA) is 55.1 Å². The van der Waals surface area contributed by atoms with Gasteiger partial charge >= 0.3 is 0 Å². The average molecular weight is 323 g/mol. The lowest BCUT2D eigenvalue weighted by atomic mass is 9.65. The van der Waals surface area contributed by atoms with Crippen LogP contribution in [0.25, 0.3) is 0 Å². The number of nitrogens with one attached hydrogen (secondary N) is 1. The molecule has 122 valence electrons. The smallest absolute Gasteiger partial charge is 0.223 e. The van der Waals surface area contributed by atoms with Crippen molar-refractivity contribution >= 4 is 18.3 Å². The van der Waals surface area contributed by atoms with Crippen molar-refractivity contribution < 1.29 is 4.79 Å². The molecule has 2 unspecified atom stereocenters. The van der Waals surface area contributed by atoms with E-state index in [2.05, 4.69) is 36.5 Å². The summed E-state index contributed by atoms with van der Waals surface area (Å²) in [6.07, 6.45) is 5.67. The third-order valence-corrected chi connectivity index (χ3v) is 5.37. The number of aryl methyl sites for hydroxylation is 1. The number of halogens is 1. The lowest BCUT2D eigenvalue weighted by Gasteiger charge is -2.43. The van der Waals surface area contributed by atoms with Gasteiger partial charge in [0, 0.05) is 18.5 Å². The number of hydrogen-bond acceptors (Lipinski definition) is 2. The fraction of sp³-hybridized carbons (Fsp3) is 0.611. The van der Waals surface area contributed by atoms with Gasteiger partial charge in [-0.3, -0.25) is 4.79 Å². The van der Waals surface area contributed by atoms with E-state index < -0.39 is 0 Å². The zero-order valence-electron chi connectivity index (χ0n) is 13.3. The van der Waals surface area contributed by atoms with E-state index in [0.29, 0.717) is 24.4 Å². The first-order chi connectivity index (χ1) is 10.1. The Bertz CT molecular complexity index is 488. The highest BCUT2D eigenvalue weighted by Gasteiger charge is 2.40. The van der Waals surface area contributed by atoms with Gasteiger partial charge in [-0.15, -0.1) is 12.4 Å². The lowest BCUT2D eigenvalue weighted by Crippen LogP contribution is -2.49. The van der Waals surface area contributed by atoms with Gasteiger partial charge in [-0.25, -0.2) is 0 Å². The zero-order chi connectivity index (χ0) is 14.8.